The zero-order valence-electron chi connectivity index (χ0n) is 13.2. The third-order valence-corrected chi connectivity index (χ3v) is 6.77. The molecular formula is C16H20ClN3O2S2. The maximum Gasteiger partial charge on any atom is 0.242 e. The lowest BCUT2D eigenvalue weighted by molar-refractivity contribution is 0.219. The van der Waals surface area contributed by atoms with Crippen molar-refractivity contribution in [3.8, 4) is 0 Å². The zero-order valence-corrected chi connectivity index (χ0v) is 15.6. The highest BCUT2D eigenvalue weighted by Gasteiger charge is 2.18. The lowest BCUT2D eigenvalue weighted by Crippen LogP contribution is -2.29. The number of hydrogen-bond donors (Lipinski definition) is 1. The van der Waals surface area contributed by atoms with E-state index in [1.165, 1.54) is 36.7 Å². The Bertz CT molecular complexity index is 786. The van der Waals surface area contributed by atoms with E-state index < -0.39 is 10.0 Å². The molecule has 1 aliphatic heterocycles. The molecule has 8 heteroatoms. The van der Waals surface area contributed by atoms with Crippen molar-refractivity contribution in [1.82, 2.24) is 14.6 Å². The van der Waals surface area contributed by atoms with Crippen LogP contribution in [-0.2, 0) is 23.1 Å². The number of halogens is 1. The van der Waals surface area contributed by atoms with E-state index in [2.05, 4.69) is 14.6 Å². The second-order valence-corrected chi connectivity index (χ2v) is 8.91. The summed E-state index contributed by atoms with van der Waals surface area (Å²) in [7, 11) is -3.63. The smallest absolute Gasteiger partial charge is 0.242 e. The van der Waals surface area contributed by atoms with Gasteiger partial charge in [0.25, 0.3) is 0 Å². The standard InChI is InChI=1S/C16H20ClN3O2S2/c17-14-6-2-3-7-15(14)24(21,22)18-10-16-19-13(12-23-16)11-20-8-4-1-5-9-20/h2-3,6-7,12,18H,1,4-5,8-11H2. The van der Waals surface area contributed by atoms with Gasteiger partial charge in [0.1, 0.15) is 9.90 Å². The number of nitrogens with one attached hydrogen (secondary N) is 1. The van der Waals surface area contributed by atoms with Gasteiger partial charge in [-0.05, 0) is 38.1 Å². The lowest BCUT2D eigenvalue weighted by Gasteiger charge is -2.25. The number of piperidine rings is 1. The molecule has 130 valence electrons. The Balaban J connectivity index is 1.60. The maximum atomic E-state index is 12.3. The van der Waals surface area contributed by atoms with Crippen LogP contribution in [0, 0.1) is 0 Å². The quantitative estimate of drug-likeness (QED) is 0.829. The van der Waals surface area contributed by atoms with E-state index in [1.807, 2.05) is 5.38 Å². The molecule has 1 N–H and O–H groups in total. The van der Waals surface area contributed by atoms with Gasteiger partial charge in [-0.3, -0.25) is 4.90 Å². The van der Waals surface area contributed by atoms with Crippen molar-refractivity contribution < 1.29 is 8.42 Å². The monoisotopic (exact) mass is 385 g/mol. The molecule has 0 atom stereocenters. The van der Waals surface area contributed by atoms with Crippen LogP contribution < -0.4 is 4.72 Å². The van der Waals surface area contributed by atoms with Crippen molar-refractivity contribution in [3.63, 3.8) is 0 Å². The molecule has 1 fully saturated rings. The van der Waals surface area contributed by atoms with Gasteiger partial charge in [0.2, 0.25) is 10.0 Å². The summed E-state index contributed by atoms with van der Waals surface area (Å²) in [6.07, 6.45) is 3.80. The molecule has 0 aliphatic carbocycles. The van der Waals surface area contributed by atoms with Crippen LogP contribution in [0.1, 0.15) is 30.0 Å². The van der Waals surface area contributed by atoms with Crippen LogP contribution in [0.2, 0.25) is 5.02 Å². The molecule has 1 aromatic heterocycles. The van der Waals surface area contributed by atoms with Gasteiger partial charge in [0, 0.05) is 11.9 Å². The summed E-state index contributed by atoms with van der Waals surface area (Å²) in [6, 6.07) is 6.42. The van der Waals surface area contributed by atoms with Crippen LogP contribution >= 0.6 is 22.9 Å². The molecule has 1 saturated heterocycles. The third kappa shape index (κ3) is 4.55. The van der Waals surface area contributed by atoms with E-state index in [4.69, 9.17) is 11.6 Å². The molecule has 3 rings (SSSR count). The van der Waals surface area contributed by atoms with Crippen LogP contribution in [0.4, 0.5) is 0 Å². The minimum absolute atomic E-state index is 0.0942. The van der Waals surface area contributed by atoms with Crippen molar-refractivity contribution in [2.24, 2.45) is 0 Å². The first-order valence-corrected chi connectivity index (χ1v) is 10.7. The Morgan fingerprint density at radius 2 is 1.96 bits per heavy atom. The summed E-state index contributed by atoms with van der Waals surface area (Å²) >= 11 is 7.45. The van der Waals surface area contributed by atoms with Gasteiger partial charge in [0.15, 0.2) is 0 Å². The number of rotatable bonds is 6. The fourth-order valence-corrected chi connectivity index (χ4v) is 5.07. The molecule has 5 nitrogen and oxygen atoms in total. The number of aromatic nitrogens is 1. The van der Waals surface area contributed by atoms with Crippen LogP contribution in [-0.4, -0.2) is 31.4 Å². The van der Waals surface area contributed by atoms with Gasteiger partial charge in [-0.25, -0.2) is 18.1 Å². The first-order chi connectivity index (χ1) is 11.5. The van der Waals surface area contributed by atoms with Gasteiger partial charge in [-0.15, -0.1) is 11.3 Å². The van der Waals surface area contributed by atoms with Crippen molar-refractivity contribution in [2.75, 3.05) is 13.1 Å². The van der Waals surface area contributed by atoms with Crippen molar-refractivity contribution in [2.45, 2.75) is 37.2 Å². The van der Waals surface area contributed by atoms with Gasteiger partial charge in [0.05, 0.1) is 17.3 Å². The first-order valence-electron chi connectivity index (χ1n) is 7.94. The number of hydrogen-bond acceptors (Lipinski definition) is 5. The summed E-state index contributed by atoms with van der Waals surface area (Å²) in [4.78, 5) is 7.03. The number of thiazole rings is 1. The fourth-order valence-electron chi connectivity index (χ4n) is 2.75. The average molecular weight is 386 g/mol. The van der Waals surface area contributed by atoms with Gasteiger partial charge < -0.3 is 0 Å². The molecule has 0 amide bonds. The van der Waals surface area contributed by atoms with Crippen molar-refractivity contribution in [1.29, 1.82) is 0 Å². The lowest BCUT2D eigenvalue weighted by atomic mass is 10.1. The van der Waals surface area contributed by atoms with E-state index in [0.29, 0.717) is 0 Å². The Hall–Kier alpha value is -0.990. The normalized spacial score (nSPS) is 16.4. The summed E-state index contributed by atoms with van der Waals surface area (Å²) in [5.74, 6) is 0. The zero-order chi connectivity index (χ0) is 17.0. The predicted octanol–water partition coefficient (Wildman–Crippen LogP) is 3.26. The number of likely N-dealkylation sites (tertiary alicyclic amines) is 1. The molecule has 1 aliphatic rings. The van der Waals surface area contributed by atoms with E-state index >= 15 is 0 Å². The van der Waals surface area contributed by atoms with Crippen LogP contribution in [0.3, 0.4) is 0 Å². The number of benzene rings is 1. The summed E-state index contributed by atoms with van der Waals surface area (Å²) in [5.41, 5.74) is 1.01. The van der Waals surface area contributed by atoms with Crippen molar-refractivity contribution >= 4 is 33.0 Å². The Kier molecular flexibility index (Phi) is 5.89. The minimum Gasteiger partial charge on any atom is -0.297 e. The summed E-state index contributed by atoms with van der Waals surface area (Å²) < 4.78 is 27.2. The molecule has 0 bridgehead atoms. The Morgan fingerprint density at radius 1 is 1.21 bits per heavy atom. The second kappa shape index (κ2) is 7.93. The van der Waals surface area contributed by atoms with Crippen LogP contribution in [0.5, 0.6) is 0 Å². The maximum absolute atomic E-state index is 12.3. The second-order valence-electron chi connectivity index (χ2n) is 5.82. The SMILES string of the molecule is O=S(=O)(NCc1nc(CN2CCCCC2)cs1)c1ccccc1Cl. The largest absolute Gasteiger partial charge is 0.297 e. The molecule has 2 aromatic rings. The van der Waals surface area contributed by atoms with E-state index in [1.54, 1.807) is 18.2 Å². The number of nitrogens with zero attached hydrogens (tertiary/aromatic N) is 2. The highest BCUT2D eigenvalue weighted by atomic mass is 35.5. The molecule has 0 radical (unpaired) electrons. The van der Waals surface area contributed by atoms with Crippen LogP contribution in [0.25, 0.3) is 0 Å². The Labute approximate surface area is 151 Å². The Morgan fingerprint density at radius 3 is 2.71 bits per heavy atom. The van der Waals surface area contributed by atoms with Crippen molar-refractivity contribution in [3.05, 3.63) is 45.4 Å². The molecule has 0 spiro atoms. The topological polar surface area (TPSA) is 62.3 Å². The third-order valence-electron chi connectivity index (χ3n) is 3.97. The van der Waals surface area contributed by atoms with E-state index in [9.17, 15) is 8.42 Å². The molecular weight excluding hydrogens is 366 g/mol. The summed E-state index contributed by atoms with van der Waals surface area (Å²) in [6.45, 7) is 3.25. The highest BCUT2D eigenvalue weighted by molar-refractivity contribution is 7.89. The molecule has 0 unspecified atom stereocenters. The minimum atomic E-state index is -3.63. The highest BCUT2D eigenvalue weighted by Crippen LogP contribution is 2.21. The fraction of sp³-hybridized carbons (Fsp3) is 0.438. The first kappa shape index (κ1) is 17.8. The van der Waals surface area contributed by atoms with Crippen LogP contribution in [0.15, 0.2) is 34.5 Å². The summed E-state index contributed by atoms with van der Waals surface area (Å²) in [5, 5.41) is 2.99. The molecule has 1 aromatic carbocycles. The molecule has 24 heavy (non-hydrogen) atoms. The van der Waals surface area contributed by atoms with E-state index in [-0.39, 0.29) is 16.5 Å². The molecule has 2 heterocycles. The predicted molar refractivity (Wildman–Crippen MR) is 96.7 cm³/mol. The number of sulfonamides is 1. The molecule has 0 saturated carbocycles. The average Bonchev–Trinajstić information content (AvgIpc) is 3.02. The van der Waals surface area contributed by atoms with Gasteiger partial charge in [-0.1, -0.05) is 30.2 Å². The van der Waals surface area contributed by atoms with E-state index in [0.717, 1.165) is 30.3 Å². The van der Waals surface area contributed by atoms with Gasteiger partial charge >= 0.3 is 0 Å². The van der Waals surface area contributed by atoms with Gasteiger partial charge in [-0.2, -0.15) is 0 Å².